The average molecular weight is 237 g/mol. The first-order valence-corrected chi connectivity index (χ1v) is 6.08. The van der Waals surface area contributed by atoms with Crippen molar-refractivity contribution >= 4 is 0 Å². The number of ether oxygens (including phenoxy) is 1. The van der Waals surface area contributed by atoms with E-state index in [-0.39, 0.29) is 18.2 Å². The molecule has 0 saturated heterocycles. The number of benzene rings is 1. The van der Waals surface area contributed by atoms with Crippen LogP contribution < -0.4 is 10.5 Å². The second-order valence-corrected chi connectivity index (χ2v) is 5.26. The molecular weight excluding hydrogens is 214 g/mol. The van der Waals surface area contributed by atoms with Gasteiger partial charge in [-0.15, -0.1) is 0 Å². The highest BCUT2D eigenvalue weighted by Gasteiger charge is 2.12. The van der Waals surface area contributed by atoms with Crippen molar-refractivity contribution in [2.45, 2.75) is 45.3 Å². The molecule has 0 spiro atoms. The van der Waals surface area contributed by atoms with Crippen LogP contribution in [0.4, 0.5) is 0 Å². The molecule has 0 bridgehead atoms. The van der Waals surface area contributed by atoms with Gasteiger partial charge in [-0.25, -0.2) is 0 Å². The minimum atomic E-state index is -0.180. The Balaban J connectivity index is 2.61. The molecule has 17 heavy (non-hydrogen) atoms. The van der Waals surface area contributed by atoms with Crippen molar-refractivity contribution < 1.29 is 9.84 Å². The molecule has 3 nitrogen and oxygen atoms in total. The largest absolute Gasteiger partial charge is 0.488 e. The average Bonchev–Trinajstić information content (AvgIpc) is 2.24. The third-order valence-corrected chi connectivity index (χ3v) is 2.41. The van der Waals surface area contributed by atoms with E-state index in [2.05, 4.69) is 0 Å². The zero-order valence-corrected chi connectivity index (χ0v) is 10.9. The van der Waals surface area contributed by atoms with E-state index in [1.807, 2.05) is 45.0 Å². The molecule has 0 fully saturated rings. The summed E-state index contributed by atoms with van der Waals surface area (Å²) in [5.41, 5.74) is 6.91. The minimum Gasteiger partial charge on any atom is -0.488 e. The Morgan fingerprint density at radius 2 is 1.82 bits per heavy atom. The summed E-state index contributed by atoms with van der Waals surface area (Å²) >= 11 is 0. The summed E-state index contributed by atoms with van der Waals surface area (Å²) in [5.74, 6) is 0.857. The van der Waals surface area contributed by atoms with E-state index in [1.54, 1.807) is 0 Å². The van der Waals surface area contributed by atoms with Crippen LogP contribution in [-0.2, 0) is 0 Å². The number of aliphatic hydroxyl groups is 1. The SMILES string of the molecule is CC(C)(C)Oc1ccc([C@@H](N)CCCO)cc1. The van der Waals surface area contributed by atoms with Gasteiger partial charge in [-0.2, -0.15) is 0 Å². The second-order valence-electron chi connectivity index (χ2n) is 5.26. The zero-order valence-electron chi connectivity index (χ0n) is 10.9. The van der Waals surface area contributed by atoms with Gasteiger partial charge in [0.05, 0.1) is 0 Å². The lowest BCUT2D eigenvalue weighted by molar-refractivity contribution is 0.131. The Labute approximate surface area is 104 Å². The van der Waals surface area contributed by atoms with Crippen molar-refractivity contribution in [3.05, 3.63) is 29.8 Å². The van der Waals surface area contributed by atoms with Crippen molar-refractivity contribution in [3.63, 3.8) is 0 Å². The maximum Gasteiger partial charge on any atom is 0.120 e. The Morgan fingerprint density at radius 3 is 2.29 bits per heavy atom. The van der Waals surface area contributed by atoms with Gasteiger partial charge in [0.1, 0.15) is 11.4 Å². The summed E-state index contributed by atoms with van der Waals surface area (Å²) in [6, 6.07) is 7.86. The molecule has 1 aromatic rings. The van der Waals surface area contributed by atoms with Gasteiger partial charge in [-0.05, 0) is 51.3 Å². The Morgan fingerprint density at radius 1 is 1.24 bits per heavy atom. The molecule has 0 aromatic heterocycles. The number of hydrogen-bond donors (Lipinski definition) is 2. The first-order chi connectivity index (χ1) is 7.92. The van der Waals surface area contributed by atoms with Crippen molar-refractivity contribution in [3.8, 4) is 5.75 Å². The number of nitrogens with two attached hydrogens (primary N) is 1. The summed E-state index contributed by atoms with van der Waals surface area (Å²) in [7, 11) is 0. The van der Waals surface area contributed by atoms with Crippen molar-refractivity contribution in [2.24, 2.45) is 5.73 Å². The minimum absolute atomic E-state index is 0.00848. The molecule has 1 atom stereocenters. The lowest BCUT2D eigenvalue weighted by atomic mass is 10.0. The highest BCUT2D eigenvalue weighted by Crippen LogP contribution is 2.22. The van der Waals surface area contributed by atoms with Crippen molar-refractivity contribution in [2.75, 3.05) is 6.61 Å². The Hall–Kier alpha value is -1.06. The fourth-order valence-corrected chi connectivity index (χ4v) is 1.61. The monoisotopic (exact) mass is 237 g/mol. The highest BCUT2D eigenvalue weighted by molar-refractivity contribution is 5.29. The predicted octanol–water partition coefficient (Wildman–Crippen LogP) is 2.64. The van der Waals surface area contributed by atoms with Gasteiger partial charge < -0.3 is 15.6 Å². The van der Waals surface area contributed by atoms with E-state index >= 15 is 0 Å². The van der Waals surface area contributed by atoms with E-state index < -0.39 is 0 Å². The van der Waals surface area contributed by atoms with Crippen molar-refractivity contribution in [1.82, 2.24) is 0 Å². The first-order valence-electron chi connectivity index (χ1n) is 6.08. The first kappa shape index (κ1) is 14.0. The van der Waals surface area contributed by atoms with Gasteiger partial charge in [-0.3, -0.25) is 0 Å². The van der Waals surface area contributed by atoms with Crippen LogP contribution in [0.25, 0.3) is 0 Å². The van der Waals surface area contributed by atoms with E-state index in [9.17, 15) is 0 Å². The van der Waals surface area contributed by atoms with E-state index in [1.165, 1.54) is 0 Å². The van der Waals surface area contributed by atoms with Crippen LogP contribution in [0.1, 0.15) is 45.2 Å². The van der Waals surface area contributed by atoms with Crippen LogP contribution in [0.3, 0.4) is 0 Å². The molecule has 0 aliphatic heterocycles. The normalized spacial score (nSPS) is 13.5. The quantitative estimate of drug-likeness (QED) is 0.827. The summed E-state index contributed by atoms with van der Waals surface area (Å²) in [5, 5.41) is 8.76. The fraction of sp³-hybridized carbons (Fsp3) is 0.571. The van der Waals surface area contributed by atoms with Gasteiger partial charge in [-0.1, -0.05) is 12.1 Å². The number of hydrogen-bond acceptors (Lipinski definition) is 3. The number of rotatable bonds is 5. The van der Waals surface area contributed by atoms with Crippen LogP contribution in [0.5, 0.6) is 5.75 Å². The summed E-state index contributed by atoms with van der Waals surface area (Å²) in [4.78, 5) is 0. The Bertz CT molecular complexity index is 327. The topological polar surface area (TPSA) is 55.5 Å². The fourth-order valence-electron chi connectivity index (χ4n) is 1.61. The van der Waals surface area contributed by atoms with E-state index in [0.29, 0.717) is 0 Å². The van der Waals surface area contributed by atoms with Crippen LogP contribution in [0.15, 0.2) is 24.3 Å². The Kier molecular flexibility index (Phi) is 4.97. The molecule has 3 heteroatoms. The van der Waals surface area contributed by atoms with Gasteiger partial charge >= 0.3 is 0 Å². The maximum atomic E-state index is 8.76. The molecule has 96 valence electrons. The molecule has 0 aliphatic carbocycles. The predicted molar refractivity (Wildman–Crippen MR) is 70.1 cm³/mol. The highest BCUT2D eigenvalue weighted by atomic mass is 16.5. The lowest BCUT2D eigenvalue weighted by Gasteiger charge is -2.21. The summed E-state index contributed by atoms with van der Waals surface area (Å²) < 4.78 is 5.74. The van der Waals surface area contributed by atoms with Gasteiger partial charge in [0, 0.05) is 12.6 Å². The molecule has 0 radical (unpaired) electrons. The zero-order chi connectivity index (χ0) is 12.9. The summed E-state index contributed by atoms with van der Waals surface area (Å²) in [6.07, 6.45) is 1.54. The van der Waals surface area contributed by atoms with Crippen LogP contribution in [0, 0.1) is 0 Å². The molecule has 0 saturated carbocycles. The smallest absolute Gasteiger partial charge is 0.120 e. The molecule has 0 heterocycles. The number of aliphatic hydroxyl groups excluding tert-OH is 1. The second kappa shape index (κ2) is 6.03. The molecule has 1 rings (SSSR count). The van der Waals surface area contributed by atoms with Gasteiger partial charge in [0.25, 0.3) is 0 Å². The molecule has 0 amide bonds. The molecule has 1 aromatic carbocycles. The van der Waals surface area contributed by atoms with Crippen LogP contribution in [0.2, 0.25) is 0 Å². The van der Waals surface area contributed by atoms with Crippen molar-refractivity contribution in [1.29, 1.82) is 0 Å². The van der Waals surface area contributed by atoms with E-state index in [4.69, 9.17) is 15.6 Å². The van der Waals surface area contributed by atoms with E-state index in [0.717, 1.165) is 24.2 Å². The molecule has 0 unspecified atom stereocenters. The molecular formula is C14H23NO2. The molecule has 0 aliphatic rings. The van der Waals surface area contributed by atoms with Crippen LogP contribution >= 0.6 is 0 Å². The van der Waals surface area contributed by atoms with Crippen LogP contribution in [-0.4, -0.2) is 17.3 Å². The third-order valence-electron chi connectivity index (χ3n) is 2.41. The standard InChI is InChI=1S/C14H23NO2/c1-14(2,3)17-12-8-6-11(7-9-12)13(15)5-4-10-16/h6-9,13,16H,4-5,10,15H2,1-3H3/t13-/m0/s1. The third kappa shape index (κ3) is 5.20. The maximum absolute atomic E-state index is 8.76. The van der Waals surface area contributed by atoms with Gasteiger partial charge in [0.15, 0.2) is 0 Å². The van der Waals surface area contributed by atoms with Gasteiger partial charge in [0.2, 0.25) is 0 Å². The lowest BCUT2D eigenvalue weighted by Crippen LogP contribution is -2.22. The molecule has 3 N–H and O–H groups in total. The summed E-state index contributed by atoms with van der Waals surface area (Å²) in [6.45, 7) is 6.26.